The van der Waals surface area contributed by atoms with Gasteiger partial charge in [0.15, 0.2) is 5.78 Å². The minimum absolute atomic E-state index is 0.0373. The maximum atomic E-state index is 15.6. The highest BCUT2D eigenvalue weighted by atomic mass is 16.5. The number of aliphatic hydroxyl groups excluding tert-OH is 4. The van der Waals surface area contributed by atoms with Crippen molar-refractivity contribution in [3.63, 3.8) is 0 Å². The Balaban J connectivity index is 1.31. The molecule has 10 N–H and O–H groups in total. The Hall–Kier alpha value is -2.27. The summed E-state index contributed by atoms with van der Waals surface area (Å²) in [6, 6.07) is 0. The smallest absolute Gasteiger partial charge is 0.186 e. The fourth-order valence-corrected chi connectivity index (χ4v) is 13.1. The number of nitrogens with two attached hydrogens (primary N) is 1. The van der Waals surface area contributed by atoms with Gasteiger partial charge in [-0.15, -0.1) is 11.8 Å². The molecule has 1 saturated heterocycles. The van der Waals surface area contributed by atoms with E-state index in [0.29, 0.717) is 50.2 Å². The molecule has 4 bridgehead atoms. The van der Waals surface area contributed by atoms with E-state index in [-0.39, 0.29) is 68.1 Å². The molecule has 15 unspecified atom stereocenters. The Kier molecular flexibility index (Phi) is 11.8. The molecule has 0 amide bonds. The molecular weight excluding hydrogens is 711 g/mol. The van der Waals surface area contributed by atoms with Crippen LogP contribution in [-0.4, -0.2) is 97.5 Å². The van der Waals surface area contributed by atoms with Crippen LogP contribution in [0.1, 0.15) is 124 Å². The van der Waals surface area contributed by atoms with E-state index in [9.17, 15) is 30.6 Å². The van der Waals surface area contributed by atoms with Gasteiger partial charge in [0, 0.05) is 31.0 Å². The molecule has 0 aromatic heterocycles. The van der Waals surface area contributed by atoms with E-state index >= 15 is 4.79 Å². The molecule has 6 aliphatic carbocycles. The first-order chi connectivity index (χ1) is 26.6. The van der Waals surface area contributed by atoms with Crippen molar-refractivity contribution in [1.82, 2.24) is 10.6 Å². The highest BCUT2D eigenvalue weighted by Gasteiger charge is 2.75. The van der Waals surface area contributed by atoms with Gasteiger partial charge in [0.2, 0.25) is 0 Å². The molecule has 11 heteroatoms. The SMILES string of the molecule is CCCCCCC1COC(C(O)C(C)(O)C2CCC3(O)C4=C(NCC(C)O)C(=O)C56CC#CCC23CCC4C5(CCC2=CNC(N)C=C2)CC(O)C(O)C6)C1C. The van der Waals surface area contributed by atoms with E-state index in [2.05, 4.69) is 36.3 Å². The second kappa shape index (κ2) is 15.7. The molecule has 11 nitrogen and oxygen atoms in total. The van der Waals surface area contributed by atoms with Gasteiger partial charge in [-0.25, -0.2) is 0 Å². The zero-order valence-electron chi connectivity index (χ0n) is 34.1. The summed E-state index contributed by atoms with van der Waals surface area (Å²) in [5, 5.41) is 78.5. The largest absolute Gasteiger partial charge is 0.392 e. The molecule has 312 valence electrons. The summed E-state index contributed by atoms with van der Waals surface area (Å²) in [5.74, 6) is 5.99. The van der Waals surface area contributed by atoms with Gasteiger partial charge in [-0.1, -0.05) is 45.6 Å². The predicted octanol–water partition coefficient (Wildman–Crippen LogP) is 3.46. The normalized spacial score (nSPS) is 43.6. The predicted molar refractivity (Wildman–Crippen MR) is 213 cm³/mol. The number of ether oxygens (including phenoxy) is 1. The van der Waals surface area contributed by atoms with Crippen LogP contribution in [0.3, 0.4) is 0 Å². The van der Waals surface area contributed by atoms with Crippen LogP contribution >= 0.6 is 0 Å². The molecule has 2 spiro atoms. The highest BCUT2D eigenvalue weighted by molar-refractivity contribution is 6.03. The minimum Gasteiger partial charge on any atom is -0.392 e. The lowest BCUT2D eigenvalue weighted by atomic mass is 9.37. The standard InChI is InChI=1S/C45H69N3O8/c1-5-6-7-8-11-30-26-56-38(28(30)3)40(53)41(4,54)34-16-21-45(55)36-31-15-20-42(34,45)17-9-10-18-44(39(52)37(36)48-24-27(2)49)23-33(51)32(50)22-43(31,44)19-14-29-12-13-35(46)47-25-29/h12-13,25,27-28,30-35,38,40,47-51,53-55H,5-8,11,14-24,26,46H2,1-4H3. The van der Waals surface area contributed by atoms with Crippen LogP contribution in [0.25, 0.3) is 0 Å². The summed E-state index contributed by atoms with van der Waals surface area (Å²) in [6.07, 6.45) is 9.86. The first-order valence-electron chi connectivity index (χ1n) is 21.7. The molecule has 4 fully saturated rings. The van der Waals surface area contributed by atoms with Gasteiger partial charge in [-0.2, -0.15) is 0 Å². The van der Waals surface area contributed by atoms with Crippen LogP contribution in [-0.2, 0) is 9.53 Å². The number of nitrogens with one attached hydrogen (secondary N) is 2. The molecule has 8 aliphatic rings. The van der Waals surface area contributed by atoms with Gasteiger partial charge in [-0.3, -0.25) is 4.79 Å². The van der Waals surface area contributed by atoms with Gasteiger partial charge in [0.25, 0.3) is 0 Å². The zero-order valence-corrected chi connectivity index (χ0v) is 34.1. The van der Waals surface area contributed by atoms with E-state index in [0.717, 1.165) is 18.4 Å². The van der Waals surface area contributed by atoms with Crippen LogP contribution in [0, 0.1) is 51.8 Å². The second-order valence-corrected chi connectivity index (χ2v) is 19.2. The highest BCUT2D eigenvalue weighted by Crippen LogP contribution is 2.74. The lowest BCUT2D eigenvalue weighted by molar-refractivity contribution is -0.208. The van der Waals surface area contributed by atoms with Crippen molar-refractivity contribution in [2.24, 2.45) is 45.7 Å². The summed E-state index contributed by atoms with van der Waals surface area (Å²) in [7, 11) is 0. The topological polar surface area (TPSA) is 198 Å². The van der Waals surface area contributed by atoms with E-state index in [4.69, 9.17) is 10.5 Å². The lowest BCUT2D eigenvalue weighted by Gasteiger charge is -2.67. The Morgan fingerprint density at radius 1 is 1.11 bits per heavy atom. The average Bonchev–Trinajstić information content (AvgIpc) is 3.69. The Labute approximate surface area is 333 Å². The molecule has 3 saturated carbocycles. The third-order valence-electron chi connectivity index (χ3n) is 16.2. The summed E-state index contributed by atoms with van der Waals surface area (Å²) in [6.45, 7) is 8.30. The summed E-state index contributed by atoms with van der Waals surface area (Å²) in [5.41, 5.74) is 1.68. The third-order valence-corrected chi connectivity index (χ3v) is 16.2. The molecule has 0 radical (unpaired) electrons. The van der Waals surface area contributed by atoms with Crippen molar-refractivity contribution in [2.45, 2.75) is 172 Å². The molecule has 15 atom stereocenters. The second-order valence-electron chi connectivity index (χ2n) is 19.2. The number of carbonyl (C=O) groups is 1. The molecule has 0 aromatic rings. The number of fused-ring (bicyclic) bond motifs is 4. The first-order valence-corrected chi connectivity index (χ1v) is 21.7. The fraction of sp³-hybridized carbons (Fsp3) is 0.800. The number of hydrogen-bond acceptors (Lipinski definition) is 11. The molecule has 8 rings (SSSR count). The number of aliphatic hydroxyl groups is 6. The van der Waals surface area contributed by atoms with Crippen molar-refractivity contribution in [3.05, 3.63) is 35.2 Å². The van der Waals surface area contributed by atoms with E-state index in [1.54, 1.807) is 13.8 Å². The zero-order chi connectivity index (χ0) is 40.3. The Bertz CT molecular complexity index is 1650. The number of allylic oxidation sites excluding steroid dienone is 3. The molecule has 2 aliphatic heterocycles. The third kappa shape index (κ3) is 6.53. The van der Waals surface area contributed by atoms with E-state index < -0.39 is 63.9 Å². The average molecular weight is 780 g/mol. The fourth-order valence-electron chi connectivity index (χ4n) is 13.1. The van der Waals surface area contributed by atoms with Gasteiger partial charge < -0.3 is 51.7 Å². The van der Waals surface area contributed by atoms with Crippen molar-refractivity contribution in [1.29, 1.82) is 0 Å². The van der Waals surface area contributed by atoms with E-state index in [1.165, 1.54) is 19.3 Å². The van der Waals surface area contributed by atoms with Crippen LogP contribution < -0.4 is 16.4 Å². The molecule has 2 heterocycles. The number of rotatable bonds is 14. The van der Waals surface area contributed by atoms with Crippen LogP contribution in [0.4, 0.5) is 0 Å². The minimum atomic E-state index is -1.65. The molecular formula is C45H69N3O8. The van der Waals surface area contributed by atoms with Crippen molar-refractivity contribution in [2.75, 3.05) is 13.2 Å². The maximum Gasteiger partial charge on any atom is 0.186 e. The summed E-state index contributed by atoms with van der Waals surface area (Å²) < 4.78 is 6.32. The van der Waals surface area contributed by atoms with Crippen LogP contribution in [0.15, 0.2) is 35.2 Å². The van der Waals surface area contributed by atoms with Gasteiger partial charge in [0.1, 0.15) is 6.10 Å². The number of ketones is 1. The number of dihydropyridines is 1. The van der Waals surface area contributed by atoms with Crippen LogP contribution in [0.5, 0.6) is 0 Å². The van der Waals surface area contributed by atoms with Crippen molar-refractivity contribution < 1.29 is 40.2 Å². The van der Waals surface area contributed by atoms with Gasteiger partial charge >= 0.3 is 0 Å². The van der Waals surface area contributed by atoms with Crippen LogP contribution in [0.2, 0.25) is 0 Å². The number of carbonyl (C=O) groups excluding carboxylic acids is 1. The number of Topliss-reactive ketones (excluding diaryl/α,β-unsaturated/α-hetero) is 1. The Morgan fingerprint density at radius 2 is 1.86 bits per heavy atom. The lowest BCUT2D eigenvalue weighted by Crippen LogP contribution is -2.69. The van der Waals surface area contributed by atoms with Gasteiger partial charge in [0.05, 0.1) is 59.5 Å². The van der Waals surface area contributed by atoms with E-state index in [1.807, 2.05) is 18.4 Å². The van der Waals surface area contributed by atoms with Crippen molar-refractivity contribution >= 4 is 5.78 Å². The monoisotopic (exact) mass is 780 g/mol. The maximum absolute atomic E-state index is 15.6. The quantitative estimate of drug-likeness (QED) is 0.0925. The molecule has 0 aromatic carbocycles. The number of hydrogen-bond donors (Lipinski definition) is 9. The van der Waals surface area contributed by atoms with Crippen molar-refractivity contribution in [3.8, 4) is 11.8 Å². The summed E-state index contributed by atoms with van der Waals surface area (Å²) in [4.78, 5) is 15.6. The number of unbranched alkanes of at least 4 members (excludes halogenated alkanes) is 3. The molecule has 56 heavy (non-hydrogen) atoms. The summed E-state index contributed by atoms with van der Waals surface area (Å²) >= 11 is 0. The first kappa shape index (κ1) is 41.9. The Morgan fingerprint density at radius 3 is 2.57 bits per heavy atom. The van der Waals surface area contributed by atoms with Gasteiger partial charge in [-0.05, 0) is 118 Å².